The molecule has 0 heterocycles. The van der Waals surface area contributed by atoms with E-state index in [1.165, 1.54) is 13.3 Å². The van der Waals surface area contributed by atoms with Crippen LogP contribution in [0.4, 0.5) is 5.69 Å². The predicted octanol–water partition coefficient (Wildman–Crippen LogP) is 2.01. The first-order valence-corrected chi connectivity index (χ1v) is 10.5. The van der Waals surface area contributed by atoms with Crippen molar-refractivity contribution in [3.63, 3.8) is 0 Å². The van der Waals surface area contributed by atoms with Crippen LogP contribution in [0.1, 0.15) is 27.0 Å². The molecule has 29 heavy (non-hydrogen) atoms. The molecule has 9 heteroatoms. The number of sulfonamides is 1. The molecule has 1 amide bonds. The molecule has 0 aromatic heterocycles. The Hall–Kier alpha value is -3.20. The standard InChI is InChI=1S/C20H23N3O5S/c1-14-5-10-18(15(2)11-14)23(29(4,26)27)13-19(24)22-21-12-16-6-8-17(9-7-16)20(25)28-3/h5-12H,13H2,1-4H3,(H,22,24)/b21-12-. The number of anilines is 1. The van der Waals surface area contributed by atoms with Crippen LogP contribution in [0.25, 0.3) is 0 Å². The van der Waals surface area contributed by atoms with E-state index in [-0.39, 0.29) is 0 Å². The third-order valence-corrected chi connectivity index (χ3v) is 5.17. The zero-order valence-electron chi connectivity index (χ0n) is 16.7. The number of ether oxygens (including phenoxy) is 1. The van der Waals surface area contributed by atoms with E-state index in [0.717, 1.165) is 21.7 Å². The molecule has 2 aromatic carbocycles. The number of nitrogens with one attached hydrogen (secondary N) is 1. The minimum absolute atomic E-state index is 0.394. The first kappa shape index (κ1) is 22.1. The smallest absolute Gasteiger partial charge is 0.337 e. The van der Waals surface area contributed by atoms with Gasteiger partial charge in [0.15, 0.2) is 0 Å². The summed E-state index contributed by atoms with van der Waals surface area (Å²) in [6.45, 7) is 3.29. The Morgan fingerprint density at radius 2 is 1.79 bits per heavy atom. The van der Waals surface area contributed by atoms with Crippen LogP contribution in [0.3, 0.4) is 0 Å². The topological polar surface area (TPSA) is 105 Å². The lowest BCUT2D eigenvalue weighted by molar-refractivity contribution is -0.119. The maximum Gasteiger partial charge on any atom is 0.337 e. The van der Waals surface area contributed by atoms with Crippen molar-refractivity contribution in [1.82, 2.24) is 5.43 Å². The molecule has 0 aliphatic rings. The Balaban J connectivity index is 2.07. The number of rotatable bonds is 7. The van der Waals surface area contributed by atoms with Crippen LogP contribution in [-0.2, 0) is 19.6 Å². The highest BCUT2D eigenvalue weighted by Crippen LogP contribution is 2.23. The monoisotopic (exact) mass is 417 g/mol. The molecule has 2 aromatic rings. The molecule has 0 saturated carbocycles. The van der Waals surface area contributed by atoms with Crippen molar-refractivity contribution in [2.75, 3.05) is 24.2 Å². The van der Waals surface area contributed by atoms with Gasteiger partial charge in [0.2, 0.25) is 10.0 Å². The summed E-state index contributed by atoms with van der Waals surface area (Å²) in [5.41, 5.74) is 5.54. The molecule has 154 valence electrons. The maximum absolute atomic E-state index is 12.2. The van der Waals surface area contributed by atoms with E-state index in [0.29, 0.717) is 16.8 Å². The molecular formula is C20H23N3O5S. The van der Waals surface area contributed by atoms with Crippen LogP contribution < -0.4 is 9.73 Å². The molecule has 2 rings (SSSR count). The molecule has 1 N–H and O–H groups in total. The van der Waals surface area contributed by atoms with Gasteiger partial charge in [0.05, 0.1) is 30.8 Å². The summed E-state index contributed by atoms with van der Waals surface area (Å²) in [6.07, 6.45) is 2.44. The highest BCUT2D eigenvalue weighted by atomic mass is 32.2. The number of hydrogen-bond acceptors (Lipinski definition) is 6. The van der Waals surface area contributed by atoms with Crippen LogP contribution in [0, 0.1) is 13.8 Å². The van der Waals surface area contributed by atoms with E-state index < -0.39 is 28.4 Å². The second kappa shape index (κ2) is 9.33. The summed E-state index contributed by atoms with van der Waals surface area (Å²) >= 11 is 0. The third-order valence-electron chi connectivity index (χ3n) is 4.04. The zero-order chi connectivity index (χ0) is 21.6. The van der Waals surface area contributed by atoms with E-state index in [2.05, 4.69) is 15.3 Å². The quantitative estimate of drug-likeness (QED) is 0.421. The van der Waals surface area contributed by atoms with Gasteiger partial charge in [0.1, 0.15) is 6.54 Å². The zero-order valence-corrected chi connectivity index (χ0v) is 17.5. The average molecular weight is 417 g/mol. The summed E-state index contributed by atoms with van der Waals surface area (Å²) < 4.78 is 30.0. The van der Waals surface area contributed by atoms with Gasteiger partial charge in [-0.2, -0.15) is 5.10 Å². The number of methoxy groups -OCH3 is 1. The number of hydrogen-bond donors (Lipinski definition) is 1. The van der Waals surface area contributed by atoms with Gasteiger partial charge in [0.25, 0.3) is 5.91 Å². The highest BCUT2D eigenvalue weighted by Gasteiger charge is 2.22. The van der Waals surface area contributed by atoms with Gasteiger partial charge < -0.3 is 4.74 Å². The van der Waals surface area contributed by atoms with Crippen molar-refractivity contribution in [3.8, 4) is 0 Å². The number of hydrazone groups is 1. The fourth-order valence-electron chi connectivity index (χ4n) is 2.63. The molecule has 0 saturated heterocycles. The summed E-state index contributed by atoms with van der Waals surface area (Å²) in [7, 11) is -2.37. The van der Waals surface area contributed by atoms with E-state index in [4.69, 9.17) is 0 Å². The van der Waals surface area contributed by atoms with Gasteiger partial charge in [0, 0.05) is 0 Å². The van der Waals surface area contributed by atoms with Crippen molar-refractivity contribution >= 4 is 33.8 Å². The Morgan fingerprint density at radius 1 is 1.14 bits per heavy atom. The first-order chi connectivity index (χ1) is 13.6. The molecule has 0 aliphatic heterocycles. The number of carbonyl (C=O) groups is 2. The molecule has 0 aliphatic carbocycles. The first-order valence-electron chi connectivity index (χ1n) is 8.67. The fraction of sp³-hybridized carbons (Fsp3) is 0.250. The van der Waals surface area contributed by atoms with Crippen molar-refractivity contribution < 1.29 is 22.7 Å². The minimum Gasteiger partial charge on any atom is -0.465 e. The SMILES string of the molecule is COC(=O)c1ccc(/C=N\NC(=O)CN(c2ccc(C)cc2C)S(C)(=O)=O)cc1. The fourth-order valence-corrected chi connectivity index (χ4v) is 3.55. The highest BCUT2D eigenvalue weighted by molar-refractivity contribution is 7.92. The Kier molecular flexibility index (Phi) is 7.11. The molecule has 0 spiro atoms. The number of esters is 1. The predicted molar refractivity (Wildman–Crippen MR) is 112 cm³/mol. The summed E-state index contributed by atoms with van der Waals surface area (Å²) in [5.74, 6) is -1.04. The second-order valence-corrected chi connectivity index (χ2v) is 8.37. The Morgan fingerprint density at radius 3 is 2.34 bits per heavy atom. The van der Waals surface area contributed by atoms with E-state index >= 15 is 0 Å². The van der Waals surface area contributed by atoms with Gasteiger partial charge in [-0.25, -0.2) is 18.6 Å². The van der Waals surface area contributed by atoms with Gasteiger partial charge in [-0.05, 0) is 43.2 Å². The second-order valence-electron chi connectivity index (χ2n) is 6.47. The van der Waals surface area contributed by atoms with Crippen LogP contribution >= 0.6 is 0 Å². The molecular weight excluding hydrogens is 394 g/mol. The van der Waals surface area contributed by atoms with Crippen LogP contribution in [0.5, 0.6) is 0 Å². The van der Waals surface area contributed by atoms with Crippen LogP contribution in [-0.4, -0.2) is 46.4 Å². The summed E-state index contributed by atoms with van der Waals surface area (Å²) in [4.78, 5) is 23.6. The number of amides is 1. The molecule has 0 fully saturated rings. The summed E-state index contributed by atoms with van der Waals surface area (Å²) in [6, 6.07) is 11.7. The molecule has 0 unspecified atom stereocenters. The Labute approximate surface area is 170 Å². The number of nitrogens with zero attached hydrogens (tertiary/aromatic N) is 2. The minimum atomic E-state index is -3.66. The van der Waals surface area contributed by atoms with Crippen LogP contribution in [0.2, 0.25) is 0 Å². The number of carbonyl (C=O) groups excluding carboxylic acids is 2. The largest absolute Gasteiger partial charge is 0.465 e. The molecule has 8 nitrogen and oxygen atoms in total. The lowest BCUT2D eigenvalue weighted by Gasteiger charge is -2.23. The van der Waals surface area contributed by atoms with E-state index in [1.807, 2.05) is 13.0 Å². The van der Waals surface area contributed by atoms with Gasteiger partial charge in [-0.1, -0.05) is 29.8 Å². The van der Waals surface area contributed by atoms with Crippen molar-refractivity contribution in [1.29, 1.82) is 0 Å². The van der Waals surface area contributed by atoms with Crippen molar-refractivity contribution in [3.05, 3.63) is 64.7 Å². The van der Waals surface area contributed by atoms with E-state index in [9.17, 15) is 18.0 Å². The molecule has 0 atom stereocenters. The van der Waals surface area contributed by atoms with Crippen molar-refractivity contribution in [2.45, 2.75) is 13.8 Å². The third kappa shape index (κ3) is 6.15. The van der Waals surface area contributed by atoms with Gasteiger partial charge in [-0.15, -0.1) is 0 Å². The average Bonchev–Trinajstić information content (AvgIpc) is 2.66. The van der Waals surface area contributed by atoms with Gasteiger partial charge >= 0.3 is 5.97 Å². The van der Waals surface area contributed by atoms with Gasteiger partial charge in [-0.3, -0.25) is 9.10 Å². The number of benzene rings is 2. The normalized spacial score (nSPS) is 11.3. The maximum atomic E-state index is 12.2. The van der Waals surface area contributed by atoms with Crippen LogP contribution in [0.15, 0.2) is 47.6 Å². The summed E-state index contributed by atoms with van der Waals surface area (Å²) in [5, 5.41) is 3.84. The molecule has 0 bridgehead atoms. The number of aryl methyl sites for hydroxylation is 2. The molecule has 0 radical (unpaired) electrons. The van der Waals surface area contributed by atoms with E-state index in [1.54, 1.807) is 43.3 Å². The van der Waals surface area contributed by atoms with Crippen molar-refractivity contribution in [2.24, 2.45) is 5.10 Å². The lowest BCUT2D eigenvalue weighted by atomic mass is 10.1. The lowest BCUT2D eigenvalue weighted by Crippen LogP contribution is -2.39. The Bertz CT molecular complexity index is 1030.